The van der Waals surface area contributed by atoms with Gasteiger partial charge < -0.3 is 15.0 Å². The lowest BCUT2D eigenvalue weighted by Gasteiger charge is -2.27. The number of carbonyl (C=O) groups excluding carboxylic acids is 1. The Morgan fingerprint density at radius 1 is 1.17 bits per heavy atom. The van der Waals surface area contributed by atoms with Gasteiger partial charge in [-0.3, -0.25) is 9.89 Å². The summed E-state index contributed by atoms with van der Waals surface area (Å²) in [6.07, 6.45) is 1.66. The van der Waals surface area contributed by atoms with Gasteiger partial charge in [0.1, 0.15) is 5.82 Å². The zero-order valence-electron chi connectivity index (χ0n) is 13.0. The van der Waals surface area contributed by atoms with E-state index in [1.165, 1.54) is 0 Å². The van der Waals surface area contributed by atoms with Crippen molar-refractivity contribution in [2.45, 2.75) is 0 Å². The molecule has 3 heterocycles. The maximum Gasteiger partial charge on any atom is 0.276 e. The molecule has 3 aromatic rings. The summed E-state index contributed by atoms with van der Waals surface area (Å²) in [6, 6.07) is 11.3. The molecule has 7 heteroatoms. The Hall–Kier alpha value is -2.93. The zero-order chi connectivity index (χ0) is 16.4. The molecular weight excluding hydrogens is 306 g/mol. The average Bonchev–Trinajstić information content (AvgIpc) is 3.07. The summed E-state index contributed by atoms with van der Waals surface area (Å²) in [5, 5.41) is 10.6. The third kappa shape index (κ3) is 2.81. The van der Waals surface area contributed by atoms with Crippen LogP contribution in [0.25, 0.3) is 10.9 Å². The third-order valence-corrected chi connectivity index (χ3v) is 4.03. The third-order valence-electron chi connectivity index (χ3n) is 4.03. The molecule has 1 fully saturated rings. The lowest BCUT2D eigenvalue weighted by Crippen LogP contribution is -2.36. The van der Waals surface area contributed by atoms with Gasteiger partial charge in [-0.05, 0) is 18.2 Å². The van der Waals surface area contributed by atoms with Gasteiger partial charge in [0.15, 0.2) is 5.69 Å². The van der Waals surface area contributed by atoms with Gasteiger partial charge in [0.05, 0.1) is 30.6 Å². The molecule has 0 unspecified atom stereocenters. The average molecular weight is 323 g/mol. The van der Waals surface area contributed by atoms with E-state index in [1.54, 1.807) is 6.20 Å². The minimum Gasteiger partial charge on any atom is -0.378 e. The van der Waals surface area contributed by atoms with Gasteiger partial charge in [-0.25, -0.2) is 4.98 Å². The number of hydrogen-bond donors (Lipinski definition) is 2. The van der Waals surface area contributed by atoms with E-state index in [0.29, 0.717) is 24.6 Å². The smallest absolute Gasteiger partial charge is 0.276 e. The minimum atomic E-state index is -0.256. The molecule has 0 atom stereocenters. The van der Waals surface area contributed by atoms with E-state index in [1.807, 2.05) is 36.4 Å². The lowest BCUT2D eigenvalue weighted by molar-refractivity contribution is 0.102. The van der Waals surface area contributed by atoms with Crippen LogP contribution in [0.1, 0.15) is 10.5 Å². The Kier molecular flexibility index (Phi) is 3.84. The number of nitrogens with zero attached hydrogens (tertiary/aromatic N) is 3. The molecule has 2 N–H and O–H groups in total. The molecular formula is C17H17N5O2. The Morgan fingerprint density at radius 3 is 2.79 bits per heavy atom. The second kappa shape index (κ2) is 6.29. The number of carbonyl (C=O) groups is 1. The van der Waals surface area contributed by atoms with Crippen molar-refractivity contribution in [1.29, 1.82) is 0 Å². The van der Waals surface area contributed by atoms with Crippen LogP contribution in [0, 0.1) is 0 Å². The van der Waals surface area contributed by atoms with Gasteiger partial charge in [0.25, 0.3) is 5.91 Å². The van der Waals surface area contributed by atoms with Crippen LogP contribution >= 0.6 is 0 Å². The first-order chi connectivity index (χ1) is 11.8. The molecule has 7 nitrogen and oxygen atoms in total. The molecule has 0 radical (unpaired) electrons. The van der Waals surface area contributed by atoms with Gasteiger partial charge in [0.2, 0.25) is 0 Å². The Morgan fingerprint density at radius 2 is 2.00 bits per heavy atom. The minimum absolute atomic E-state index is 0.256. The number of hydrogen-bond acceptors (Lipinski definition) is 5. The van der Waals surface area contributed by atoms with Crippen LogP contribution in [-0.4, -0.2) is 47.4 Å². The number of amides is 1. The number of nitrogens with one attached hydrogen (secondary N) is 2. The molecule has 4 rings (SSSR count). The summed E-state index contributed by atoms with van der Waals surface area (Å²) in [7, 11) is 0. The molecule has 1 saturated heterocycles. The number of para-hydroxylation sites is 1. The second-order valence-corrected chi connectivity index (χ2v) is 5.58. The van der Waals surface area contributed by atoms with Crippen molar-refractivity contribution >= 4 is 28.3 Å². The summed E-state index contributed by atoms with van der Waals surface area (Å²) in [5.41, 5.74) is 1.86. The first kappa shape index (κ1) is 14.6. The number of H-pyrrole nitrogens is 1. The molecule has 0 aliphatic carbocycles. The molecule has 1 aliphatic rings. The van der Waals surface area contributed by atoms with Gasteiger partial charge in [-0.2, -0.15) is 5.10 Å². The Balaban J connectivity index is 1.49. The Labute approximate surface area is 138 Å². The van der Waals surface area contributed by atoms with Crippen LogP contribution in [0.4, 0.5) is 11.5 Å². The lowest BCUT2D eigenvalue weighted by atomic mass is 10.2. The van der Waals surface area contributed by atoms with E-state index in [2.05, 4.69) is 25.4 Å². The van der Waals surface area contributed by atoms with Crippen molar-refractivity contribution in [3.05, 3.63) is 48.3 Å². The van der Waals surface area contributed by atoms with Crippen LogP contribution < -0.4 is 10.2 Å². The van der Waals surface area contributed by atoms with E-state index < -0.39 is 0 Å². The standard InChI is InChI=1S/C17H17N5O2/c23-17(16-13-3-1-2-4-14(13)20-21-16)19-12-5-6-15(18-11-12)22-7-9-24-10-8-22/h1-6,11H,7-10H2,(H,19,23)(H,20,21). The molecule has 0 spiro atoms. The van der Waals surface area contributed by atoms with Crippen LogP contribution in [-0.2, 0) is 4.74 Å². The highest BCUT2D eigenvalue weighted by molar-refractivity contribution is 6.11. The summed E-state index contributed by atoms with van der Waals surface area (Å²) in [4.78, 5) is 19.0. The summed E-state index contributed by atoms with van der Waals surface area (Å²) >= 11 is 0. The topological polar surface area (TPSA) is 83.1 Å². The number of morpholine rings is 1. The van der Waals surface area contributed by atoms with E-state index in [9.17, 15) is 4.79 Å². The normalized spacial score (nSPS) is 14.8. The second-order valence-electron chi connectivity index (χ2n) is 5.58. The summed E-state index contributed by atoms with van der Waals surface area (Å²) < 4.78 is 5.34. The fraction of sp³-hybridized carbons (Fsp3) is 0.235. The van der Waals surface area contributed by atoms with Crippen molar-refractivity contribution in [3.8, 4) is 0 Å². The molecule has 122 valence electrons. The predicted molar refractivity (Wildman–Crippen MR) is 91.3 cm³/mol. The fourth-order valence-electron chi connectivity index (χ4n) is 2.77. The highest BCUT2D eigenvalue weighted by Crippen LogP contribution is 2.18. The predicted octanol–water partition coefficient (Wildman–Crippen LogP) is 2.05. The Bertz CT molecular complexity index is 853. The fourth-order valence-corrected chi connectivity index (χ4v) is 2.77. The van der Waals surface area contributed by atoms with Crippen molar-refractivity contribution in [2.75, 3.05) is 36.5 Å². The molecule has 24 heavy (non-hydrogen) atoms. The number of benzene rings is 1. The van der Waals surface area contributed by atoms with Crippen LogP contribution in [0.2, 0.25) is 0 Å². The first-order valence-electron chi connectivity index (χ1n) is 7.84. The van der Waals surface area contributed by atoms with Crippen LogP contribution in [0.3, 0.4) is 0 Å². The number of fused-ring (bicyclic) bond motifs is 1. The first-order valence-corrected chi connectivity index (χ1v) is 7.84. The molecule has 0 saturated carbocycles. The van der Waals surface area contributed by atoms with Gasteiger partial charge in [-0.15, -0.1) is 0 Å². The van der Waals surface area contributed by atoms with Gasteiger partial charge in [-0.1, -0.05) is 18.2 Å². The molecule has 0 bridgehead atoms. The van der Waals surface area contributed by atoms with Crippen LogP contribution in [0.5, 0.6) is 0 Å². The number of rotatable bonds is 3. The molecule has 1 aromatic carbocycles. The van der Waals surface area contributed by atoms with Crippen LogP contribution in [0.15, 0.2) is 42.6 Å². The number of aromatic amines is 1. The highest BCUT2D eigenvalue weighted by Gasteiger charge is 2.15. The maximum atomic E-state index is 12.4. The molecule has 1 amide bonds. The van der Waals surface area contributed by atoms with Gasteiger partial charge in [0, 0.05) is 18.5 Å². The van der Waals surface area contributed by atoms with Gasteiger partial charge >= 0.3 is 0 Å². The van der Waals surface area contributed by atoms with E-state index in [0.717, 1.165) is 29.8 Å². The number of aromatic nitrogens is 3. The monoisotopic (exact) mass is 323 g/mol. The zero-order valence-corrected chi connectivity index (χ0v) is 13.0. The largest absolute Gasteiger partial charge is 0.378 e. The summed E-state index contributed by atoms with van der Waals surface area (Å²) in [6.45, 7) is 3.09. The summed E-state index contributed by atoms with van der Waals surface area (Å²) in [5.74, 6) is 0.634. The highest BCUT2D eigenvalue weighted by atomic mass is 16.5. The van der Waals surface area contributed by atoms with E-state index >= 15 is 0 Å². The molecule has 1 aliphatic heterocycles. The van der Waals surface area contributed by atoms with Crippen molar-refractivity contribution in [2.24, 2.45) is 0 Å². The quantitative estimate of drug-likeness (QED) is 0.771. The maximum absolute atomic E-state index is 12.4. The van der Waals surface area contributed by atoms with E-state index in [-0.39, 0.29) is 5.91 Å². The number of anilines is 2. The van der Waals surface area contributed by atoms with E-state index in [4.69, 9.17) is 4.74 Å². The number of ether oxygens (including phenoxy) is 1. The molecule has 2 aromatic heterocycles. The number of pyridine rings is 1. The SMILES string of the molecule is O=C(Nc1ccc(N2CCOCC2)nc1)c1n[nH]c2ccccc12. The van der Waals surface area contributed by atoms with Crippen molar-refractivity contribution in [1.82, 2.24) is 15.2 Å². The van der Waals surface area contributed by atoms with Crippen molar-refractivity contribution < 1.29 is 9.53 Å². The van der Waals surface area contributed by atoms with Crippen molar-refractivity contribution in [3.63, 3.8) is 0 Å².